The van der Waals surface area contributed by atoms with Gasteiger partial charge in [-0.25, -0.2) is 9.97 Å². The van der Waals surface area contributed by atoms with Crippen molar-refractivity contribution in [3.05, 3.63) is 42.0 Å². The number of aryl methyl sites for hydroxylation is 2. The zero-order valence-electron chi connectivity index (χ0n) is 9.23. The molecule has 0 unspecified atom stereocenters. The van der Waals surface area contributed by atoms with E-state index >= 15 is 0 Å². The summed E-state index contributed by atoms with van der Waals surface area (Å²) in [6.07, 6.45) is 5.24. The van der Waals surface area contributed by atoms with Gasteiger partial charge >= 0.3 is 0 Å². The first-order chi connectivity index (χ1) is 7.79. The Bertz CT molecular complexity index is 628. The highest BCUT2D eigenvalue weighted by Crippen LogP contribution is 2.28. The second-order valence-corrected chi connectivity index (χ2v) is 3.93. The van der Waals surface area contributed by atoms with Gasteiger partial charge in [0.25, 0.3) is 0 Å². The Labute approximate surface area is 93.2 Å². The fourth-order valence-electron chi connectivity index (χ4n) is 2.09. The van der Waals surface area contributed by atoms with Crippen LogP contribution in [-0.2, 0) is 0 Å². The van der Waals surface area contributed by atoms with Crippen LogP contribution < -0.4 is 0 Å². The van der Waals surface area contributed by atoms with Crippen LogP contribution in [0.15, 0.2) is 30.9 Å². The van der Waals surface area contributed by atoms with Crippen molar-refractivity contribution in [2.75, 3.05) is 0 Å². The predicted octanol–water partition coefficient (Wildman–Crippen LogP) is 2.79. The quantitative estimate of drug-likeness (QED) is 0.534. The van der Waals surface area contributed by atoms with Crippen LogP contribution in [0.4, 0.5) is 0 Å². The van der Waals surface area contributed by atoms with E-state index in [2.05, 4.69) is 34.9 Å². The lowest BCUT2D eigenvalue weighted by molar-refractivity contribution is 1.21. The summed E-state index contributed by atoms with van der Waals surface area (Å²) in [6, 6.07) is 4.05. The van der Waals surface area contributed by atoms with Crippen LogP contribution in [0.2, 0.25) is 0 Å². The third-order valence-electron chi connectivity index (χ3n) is 3.11. The van der Waals surface area contributed by atoms with E-state index in [1.54, 1.807) is 12.5 Å². The molecule has 0 aliphatic rings. The minimum absolute atomic E-state index is 0.939. The van der Waals surface area contributed by atoms with E-state index in [-0.39, 0.29) is 0 Å². The summed E-state index contributed by atoms with van der Waals surface area (Å²) in [5.74, 6) is 0. The molecule has 0 N–H and O–H groups in total. The van der Waals surface area contributed by atoms with Crippen LogP contribution in [0.25, 0.3) is 21.8 Å². The van der Waals surface area contributed by atoms with Crippen LogP contribution in [0, 0.1) is 13.8 Å². The molecule has 0 amide bonds. The van der Waals surface area contributed by atoms with Crippen molar-refractivity contribution in [3.63, 3.8) is 0 Å². The van der Waals surface area contributed by atoms with Gasteiger partial charge in [-0.1, -0.05) is 6.07 Å². The van der Waals surface area contributed by atoms with Crippen LogP contribution in [0.3, 0.4) is 0 Å². The van der Waals surface area contributed by atoms with Gasteiger partial charge in [0.15, 0.2) is 0 Å². The average Bonchev–Trinajstić information content (AvgIpc) is 2.36. The fourth-order valence-corrected chi connectivity index (χ4v) is 2.09. The zero-order chi connectivity index (χ0) is 11.1. The highest BCUT2D eigenvalue weighted by atomic mass is 14.8. The molecule has 16 heavy (non-hydrogen) atoms. The summed E-state index contributed by atoms with van der Waals surface area (Å²) >= 11 is 0. The second-order valence-electron chi connectivity index (χ2n) is 3.93. The van der Waals surface area contributed by atoms with E-state index in [0.717, 1.165) is 16.4 Å². The molecular formula is C13H11N3. The smallest absolute Gasteiger partial charge is 0.116 e. The number of benzene rings is 1. The normalized spacial score (nSPS) is 11.1. The highest BCUT2D eigenvalue weighted by molar-refractivity contribution is 6.05. The van der Waals surface area contributed by atoms with Crippen molar-refractivity contribution >= 4 is 21.8 Å². The van der Waals surface area contributed by atoms with E-state index < -0.39 is 0 Å². The van der Waals surface area contributed by atoms with Crippen molar-refractivity contribution in [3.8, 4) is 0 Å². The Morgan fingerprint density at radius 1 is 0.938 bits per heavy atom. The Hall–Kier alpha value is -2.03. The number of hydrogen-bond acceptors (Lipinski definition) is 3. The minimum atomic E-state index is 0.939. The summed E-state index contributed by atoms with van der Waals surface area (Å²) < 4.78 is 0. The molecule has 0 saturated carbocycles. The monoisotopic (exact) mass is 209 g/mol. The van der Waals surface area contributed by atoms with Crippen molar-refractivity contribution in [1.29, 1.82) is 0 Å². The molecule has 2 aromatic heterocycles. The molecule has 3 rings (SSSR count). The third kappa shape index (κ3) is 1.11. The molecule has 1 aromatic carbocycles. The largest absolute Gasteiger partial charge is 0.254 e. The van der Waals surface area contributed by atoms with E-state index in [1.807, 2.05) is 12.3 Å². The lowest BCUT2D eigenvalue weighted by Crippen LogP contribution is -1.92. The first kappa shape index (κ1) is 9.21. The van der Waals surface area contributed by atoms with Crippen LogP contribution in [-0.4, -0.2) is 15.0 Å². The molecular weight excluding hydrogens is 198 g/mol. The third-order valence-corrected chi connectivity index (χ3v) is 3.11. The molecule has 2 heterocycles. The standard InChI is InChI=1S/C13H11N3/c1-8-9(2)11-6-14-7-16-13(11)12-10(8)4-3-5-15-12/h3-7H,1-2H3. The number of nitrogens with zero attached hydrogens (tertiary/aromatic N) is 3. The molecule has 0 fully saturated rings. The molecule has 3 nitrogen and oxygen atoms in total. The first-order valence-corrected chi connectivity index (χ1v) is 5.22. The lowest BCUT2D eigenvalue weighted by Gasteiger charge is -2.09. The van der Waals surface area contributed by atoms with Gasteiger partial charge in [-0.3, -0.25) is 4.98 Å². The van der Waals surface area contributed by atoms with Crippen LogP contribution in [0.1, 0.15) is 11.1 Å². The van der Waals surface area contributed by atoms with Gasteiger partial charge < -0.3 is 0 Å². The van der Waals surface area contributed by atoms with Gasteiger partial charge in [0.2, 0.25) is 0 Å². The fraction of sp³-hybridized carbons (Fsp3) is 0.154. The second kappa shape index (κ2) is 3.23. The molecule has 3 aromatic rings. The number of aromatic nitrogens is 3. The molecule has 0 saturated heterocycles. The Morgan fingerprint density at radius 3 is 2.56 bits per heavy atom. The van der Waals surface area contributed by atoms with Crippen LogP contribution >= 0.6 is 0 Å². The molecule has 0 bridgehead atoms. The Kier molecular flexibility index (Phi) is 1.86. The lowest BCUT2D eigenvalue weighted by atomic mass is 10.00. The number of hydrogen-bond donors (Lipinski definition) is 0. The summed E-state index contributed by atoms with van der Waals surface area (Å²) in [6.45, 7) is 4.22. The molecule has 3 heteroatoms. The van der Waals surface area contributed by atoms with Gasteiger partial charge in [-0.15, -0.1) is 0 Å². The van der Waals surface area contributed by atoms with Crippen molar-refractivity contribution < 1.29 is 0 Å². The van der Waals surface area contributed by atoms with Gasteiger partial charge in [0.1, 0.15) is 11.8 Å². The Balaban J connectivity index is 2.69. The van der Waals surface area contributed by atoms with Gasteiger partial charge in [0, 0.05) is 23.2 Å². The number of pyridine rings is 1. The molecule has 0 radical (unpaired) electrons. The predicted molar refractivity (Wildman–Crippen MR) is 64.3 cm³/mol. The van der Waals surface area contributed by atoms with E-state index in [4.69, 9.17) is 0 Å². The summed E-state index contributed by atoms with van der Waals surface area (Å²) in [4.78, 5) is 12.8. The number of rotatable bonds is 0. The maximum absolute atomic E-state index is 4.42. The van der Waals surface area contributed by atoms with Crippen molar-refractivity contribution in [1.82, 2.24) is 15.0 Å². The highest BCUT2D eigenvalue weighted by Gasteiger charge is 2.09. The Morgan fingerprint density at radius 2 is 1.69 bits per heavy atom. The summed E-state index contributed by atoms with van der Waals surface area (Å²) in [7, 11) is 0. The molecule has 0 atom stereocenters. The molecule has 0 spiro atoms. The van der Waals surface area contributed by atoms with E-state index in [0.29, 0.717) is 0 Å². The van der Waals surface area contributed by atoms with E-state index in [1.165, 1.54) is 16.5 Å². The molecule has 0 aliphatic carbocycles. The van der Waals surface area contributed by atoms with Crippen molar-refractivity contribution in [2.24, 2.45) is 0 Å². The SMILES string of the molecule is Cc1c(C)c2cncnc2c2ncccc12. The van der Waals surface area contributed by atoms with Gasteiger partial charge in [-0.2, -0.15) is 0 Å². The molecule has 0 aliphatic heterocycles. The summed E-state index contributed by atoms with van der Waals surface area (Å²) in [5.41, 5.74) is 4.39. The van der Waals surface area contributed by atoms with Gasteiger partial charge in [-0.05, 0) is 31.0 Å². The zero-order valence-corrected chi connectivity index (χ0v) is 9.23. The maximum Gasteiger partial charge on any atom is 0.116 e. The number of fused-ring (bicyclic) bond motifs is 3. The molecule has 78 valence electrons. The topological polar surface area (TPSA) is 38.7 Å². The summed E-state index contributed by atoms with van der Waals surface area (Å²) in [5, 5.41) is 2.26. The average molecular weight is 209 g/mol. The van der Waals surface area contributed by atoms with Crippen LogP contribution in [0.5, 0.6) is 0 Å². The minimum Gasteiger partial charge on any atom is -0.254 e. The van der Waals surface area contributed by atoms with Crippen molar-refractivity contribution in [2.45, 2.75) is 13.8 Å². The van der Waals surface area contributed by atoms with E-state index in [9.17, 15) is 0 Å². The first-order valence-electron chi connectivity index (χ1n) is 5.22. The maximum atomic E-state index is 4.42. The van der Waals surface area contributed by atoms with Gasteiger partial charge in [0.05, 0.1) is 5.52 Å².